The van der Waals surface area contributed by atoms with Gasteiger partial charge in [-0.25, -0.2) is 4.79 Å². The summed E-state index contributed by atoms with van der Waals surface area (Å²) in [5, 5.41) is 11.8. The van der Waals surface area contributed by atoms with Crippen molar-refractivity contribution < 1.29 is 14.7 Å². The summed E-state index contributed by atoms with van der Waals surface area (Å²) in [5.41, 5.74) is 0.448. The van der Waals surface area contributed by atoms with Crippen LogP contribution in [-0.2, 0) is 4.79 Å². The van der Waals surface area contributed by atoms with Gasteiger partial charge in [-0.1, -0.05) is 15.9 Å². The molecule has 6 heteroatoms. The van der Waals surface area contributed by atoms with Gasteiger partial charge in [0, 0.05) is 11.4 Å². The van der Waals surface area contributed by atoms with Crippen LogP contribution in [0, 0.1) is 0 Å². The minimum absolute atomic E-state index is 0.0815. The number of aromatic carboxylic acids is 1. The maximum Gasteiger partial charge on any atom is 0.337 e. The number of rotatable bonds is 3. The van der Waals surface area contributed by atoms with E-state index >= 15 is 0 Å². The molecule has 0 atom stereocenters. The summed E-state index contributed by atoms with van der Waals surface area (Å²) < 4.78 is 0.656. The zero-order chi connectivity index (χ0) is 14.0. The van der Waals surface area contributed by atoms with Gasteiger partial charge in [0.05, 0.1) is 11.3 Å². The lowest BCUT2D eigenvalue weighted by Crippen LogP contribution is -2.24. The Hall–Kier alpha value is -1.66. The Morgan fingerprint density at radius 1 is 1.32 bits per heavy atom. The fraction of sp³-hybridized carbons (Fsp3) is 0.0769. The number of carbonyl (C=O) groups is 2. The van der Waals surface area contributed by atoms with Crippen molar-refractivity contribution in [3.8, 4) is 0 Å². The lowest BCUT2D eigenvalue weighted by atomic mass is 10.1. The van der Waals surface area contributed by atoms with E-state index in [2.05, 4.69) is 15.9 Å². The number of nitrogens with zero attached hydrogens (tertiary/aromatic N) is 1. The summed E-state index contributed by atoms with van der Waals surface area (Å²) in [7, 11) is 0. The molecule has 1 aromatic carbocycles. The maximum absolute atomic E-state index is 11.8. The van der Waals surface area contributed by atoms with Crippen LogP contribution in [0.25, 0.3) is 0 Å². The molecule has 1 N–H and O–H groups in total. The lowest BCUT2D eigenvalue weighted by Gasteiger charge is -2.21. The molecule has 0 aliphatic heterocycles. The molecule has 0 saturated heterocycles. The number of halogens is 1. The molecule has 1 heterocycles. The van der Waals surface area contributed by atoms with Gasteiger partial charge in [0.15, 0.2) is 0 Å². The van der Waals surface area contributed by atoms with Gasteiger partial charge in [0.1, 0.15) is 5.00 Å². The molecule has 2 rings (SSSR count). The highest BCUT2D eigenvalue weighted by Gasteiger charge is 2.21. The van der Waals surface area contributed by atoms with Gasteiger partial charge in [-0.05, 0) is 35.7 Å². The molecule has 19 heavy (non-hydrogen) atoms. The monoisotopic (exact) mass is 339 g/mol. The lowest BCUT2D eigenvalue weighted by molar-refractivity contribution is -0.115. The highest BCUT2D eigenvalue weighted by Crippen LogP contribution is 2.33. The molecule has 0 radical (unpaired) electrons. The van der Waals surface area contributed by atoms with Crippen molar-refractivity contribution in [2.75, 3.05) is 4.90 Å². The van der Waals surface area contributed by atoms with Crippen LogP contribution in [0.1, 0.15) is 17.3 Å². The SMILES string of the molecule is CC(=O)N(c1cccs1)c1ccc(Br)cc1C(=O)O. The Balaban J connectivity index is 2.61. The zero-order valence-corrected chi connectivity index (χ0v) is 12.4. The van der Waals surface area contributed by atoms with Gasteiger partial charge in [-0.2, -0.15) is 0 Å². The molecular formula is C13H10BrNO3S. The second-order valence-corrected chi connectivity index (χ2v) is 5.61. The number of carbonyl (C=O) groups excluding carboxylic acids is 1. The maximum atomic E-state index is 11.8. The smallest absolute Gasteiger partial charge is 0.337 e. The molecule has 1 aromatic heterocycles. The number of carboxylic acid groups (broad SMARTS) is 1. The number of hydrogen-bond donors (Lipinski definition) is 1. The summed E-state index contributed by atoms with van der Waals surface area (Å²) in [6, 6.07) is 8.41. The molecule has 0 aliphatic carbocycles. The topological polar surface area (TPSA) is 57.6 Å². The molecule has 0 spiro atoms. The van der Waals surface area contributed by atoms with Crippen molar-refractivity contribution in [1.29, 1.82) is 0 Å². The molecule has 0 fully saturated rings. The first kappa shape index (κ1) is 13.8. The van der Waals surface area contributed by atoms with Crippen molar-refractivity contribution in [3.63, 3.8) is 0 Å². The molecule has 0 aliphatic rings. The minimum atomic E-state index is -1.07. The Morgan fingerprint density at radius 3 is 2.58 bits per heavy atom. The first-order valence-electron chi connectivity index (χ1n) is 5.37. The Bertz CT molecular complexity index is 625. The van der Waals surface area contributed by atoms with Crippen LogP contribution >= 0.6 is 27.3 Å². The van der Waals surface area contributed by atoms with Gasteiger partial charge >= 0.3 is 5.97 Å². The second-order valence-electron chi connectivity index (χ2n) is 3.77. The number of amides is 1. The van der Waals surface area contributed by atoms with Crippen LogP contribution in [0.4, 0.5) is 10.7 Å². The fourth-order valence-electron chi connectivity index (χ4n) is 1.72. The predicted octanol–water partition coefficient (Wildman–Crippen LogP) is 3.89. The molecular weight excluding hydrogens is 330 g/mol. The molecule has 2 aromatic rings. The predicted molar refractivity (Wildman–Crippen MR) is 78.2 cm³/mol. The van der Waals surface area contributed by atoms with E-state index in [1.165, 1.54) is 29.2 Å². The van der Waals surface area contributed by atoms with Gasteiger partial charge in [-0.3, -0.25) is 9.69 Å². The van der Waals surface area contributed by atoms with E-state index in [9.17, 15) is 14.7 Å². The van der Waals surface area contributed by atoms with E-state index in [1.807, 2.05) is 11.4 Å². The van der Waals surface area contributed by atoms with E-state index < -0.39 is 5.97 Å². The van der Waals surface area contributed by atoms with E-state index in [1.54, 1.807) is 18.2 Å². The average molecular weight is 340 g/mol. The van der Waals surface area contributed by atoms with Crippen molar-refractivity contribution in [2.24, 2.45) is 0 Å². The van der Waals surface area contributed by atoms with Crippen LogP contribution in [0.5, 0.6) is 0 Å². The number of carboxylic acids is 1. The second kappa shape index (κ2) is 5.54. The highest BCUT2D eigenvalue weighted by molar-refractivity contribution is 9.10. The Labute approximate surface area is 122 Å². The van der Waals surface area contributed by atoms with E-state index in [0.717, 1.165) is 0 Å². The number of thiophene rings is 1. The first-order chi connectivity index (χ1) is 9.00. The average Bonchev–Trinajstić information content (AvgIpc) is 2.84. The van der Waals surface area contributed by atoms with E-state index in [4.69, 9.17) is 0 Å². The van der Waals surface area contributed by atoms with Gasteiger partial charge in [0.25, 0.3) is 0 Å². The van der Waals surface area contributed by atoms with Gasteiger partial charge in [0.2, 0.25) is 5.91 Å². The summed E-state index contributed by atoms with van der Waals surface area (Å²) in [4.78, 5) is 24.5. The quantitative estimate of drug-likeness (QED) is 0.922. The number of hydrogen-bond acceptors (Lipinski definition) is 3. The summed E-state index contributed by atoms with van der Waals surface area (Å²) in [5.74, 6) is -1.30. The fourth-order valence-corrected chi connectivity index (χ4v) is 2.86. The standard InChI is InChI=1S/C13H10BrNO3S/c1-8(16)15(12-3-2-6-19-12)11-5-4-9(14)7-10(11)13(17)18/h2-7H,1H3,(H,17,18). The van der Waals surface area contributed by atoms with Crippen molar-refractivity contribution in [2.45, 2.75) is 6.92 Å². The molecule has 98 valence electrons. The van der Waals surface area contributed by atoms with E-state index in [-0.39, 0.29) is 11.5 Å². The normalized spacial score (nSPS) is 10.2. The van der Waals surface area contributed by atoms with Crippen LogP contribution in [0.2, 0.25) is 0 Å². The largest absolute Gasteiger partial charge is 0.478 e. The van der Waals surface area contributed by atoms with Crippen LogP contribution < -0.4 is 4.90 Å². The first-order valence-corrected chi connectivity index (χ1v) is 7.05. The zero-order valence-electron chi connectivity index (χ0n) is 9.96. The summed E-state index contributed by atoms with van der Waals surface area (Å²) in [6.45, 7) is 1.41. The van der Waals surface area contributed by atoms with Gasteiger partial charge < -0.3 is 5.11 Å². The molecule has 1 amide bonds. The third-order valence-electron chi connectivity index (χ3n) is 2.47. The van der Waals surface area contributed by atoms with Crippen LogP contribution in [-0.4, -0.2) is 17.0 Å². The van der Waals surface area contributed by atoms with E-state index in [0.29, 0.717) is 15.2 Å². The summed E-state index contributed by atoms with van der Waals surface area (Å²) >= 11 is 4.61. The van der Waals surface area contributed by atoms with Crippen molar-refractivity contribution in [3.05, 3.63) is 45.7 Å². The van der Waals surface area contributed by atoms with Crippen LogP contribution in [0.15, 0.2) is 40.2 Å². The molecule has 4 nitrogen and oxygen atoms in total. The van der Waals surface area contributed by atoms with Crippen molar-refractivity contribution >= 4 is 49.8 Å². The van der Waals surface area contributed by atoms with Gasteiger partial charge in [-0.15, -0.1) is 11.3 Å². The minimum Gasteiger partial charge on any atom is -0.478 e. The molecule has 0 bridgehead atoms. The Kier molecular flexibility index (Phi) is 4.01. The third kappa shape index (κ3) is 2.85. The molecule has 0 saturated carbocycles. The molecule has 0 unspecified atom stereocenters. The number of anilines is 2. The number of benzene rings is 1. The highest BCUT2D eigenvalue weighted by atomic mass is 79.9. The van der Waals surface area contributed by atoms with Crippen LogP contribution in [0.3, 0.4) is 0 Å². The van der Waals surface area contributed by atoms with Crippen molar-refractivity contribution in [1.82, 2.24) is 0 Å². The third-order valence-corrected chi connectivity index (χ3v) is 3.82. The Morgan fingerprint density at radius 2 is 2.05 bits per heavy atom. The summed E-state index contributed by atoms with van der Waals surface area (Å²) in [6.07, 6.45) is 0.